The first-order valence-corrected chi connectivity index (χ1v) is 4.45. The number of fused-ring (bicyclic) bond motifs is 1. The molecular formula is C12H14. The Labute approximate surface area is 73.9 Å². The van der Waals surface area contributed by atoms with Gasteiger partial charge in [-0.25, -0.2) is 0 Å². The highest BCUT2D eigenvalue weighted by Gasteiger charge is 2.14. The minimum atomic E-state index is 1.16. The zero-order valence-corrected chi connectivity index (χ0v) is 7.94. The van der Waals surface area contributed by atoms with Crippen LogP contribution in [0.2, 0.25) is 0 Å². The molecule has 0 fully saturated rings. The molecule has 0 saturated heterocycles. The molecule has 1 aromatic rings. The van der Waals surface area contributed by atoms with Gasteiger partial charge in [0.1, 0.15) is 0 Å². The summed E-state index contributed by atoms with van der Waals surface area (Å²) < 4.78 is 0. The van der Waals surface area contributed by atoms with Gasteiger partial charge in [-0.3, -0.25) is 0 Å². The largest absolute Gasteiger partial charge is 0.0654 e. The number of hydrogen-bond donors (Lipinski definition) is 0. The average Bonchev–Trinajstić information content (AvgIpc) is 2.28. The summed E-state index contributed by atoms with van der Waals surface area (Å²) in [5, 5.41) is 0. The standard InChI is InChI=1S/C12H14/c1-8-4-5-12-10(3)9(2)7-11(12)6-8/h4-6H,7H2,1-3H3. The number of rotatable bonds is 0. The van der Waals surface area contributed by atoms with Gasteiger partial charge in [0.15, 0.2) is 0 Å². The highest BCUT2D eigenvalue weighted by atomic mass is 14.2. The molecular weight excluding hydrogens is 144 g/mol. The second-order valence-corrected chi connectivity index (χ2v) is 3.74. The van der Waals surface area contributed by atoms with Gasteiger partial charge in [-0.15, -0.1) is 0 Å². The summed E-state index contributed by atoms with van der Waals surface area (Å²) in [6.07, 6.45) is 1.16. The van der Waals surface area contributed by atoms with Gasteiger partial charge in [0, 0.05) is 0 Å². The Morgan fingerprint density at radius 3 is 2.58 bits per heavy atom. The molecule has 0 saturated carbocycles. The molecule has 0 unspecified atom stereocenters. The molecule has 62 valence electrons. The SMILES string of the molecule is CC1=C(C)c2ccc(C)cc2C1. The van der Waals surface area contributed by atoms with Crippen LogP contribution < -0.4 is 0 Å². The van der Waals surface area contributed by atoms with Crippen LogP contribution in [0.5, 0.6) is 0 Å². The highest BCUT2D eigenvalue weighted by molar-refractivity contribution is 5.74. The summed E-state index contributed by atoms with van der Waals surface area (Å²) >= 11 is 0. The lowest BCUT2D eigenvalue weighted by atomic mass is 10.0. The Hall–Kier alpha value is -1.04. The summed E-state index contributed by atoms with van der Waals surface area (Å²) in [5.41, 5.74) is 7.33. The molecule has 0 heteroatoms. The molecule has 1 aliphatic rings. The number of aryl methyl sites for hydroxylation is 1. The van der Waals surface area contributed by atoms with E-state index in [0.717, 1.165) is 6.42 Å². The van der Waals surface area contributed by atoms with Crippen LogP contribution in [0.1, 0.15) is 30.5 Å². The predicted octanol–water partition coefficient (Wildman–Crippen LogP) is 3.34. The van der Waals surface area contributed by atoms with E-state index in [4.69, 9.17) is 0 Å². The van der Waals surface area contributed by atoms with Gasteiger partial charge >= 0.3 is 0 Å². The Balaban J connectivity index is 2.58. The van der Waals surface area contributed by atoms with Crippen molar-refractivity contribution >= 4 is 5.57 Å². The van der Waals surface area contributed by atoms with Crippen LogP contribution in [0.3, 0.4) is 0 Å². The Morgan fingerprint density at radius 2 is 1.83 bits per heavy atom. The van der Waals surface area contributed by atoms with Crippen LogP contribution in [0.4, 0.5) is 0 Å². The van der Waals surface area contributed by atoms with Crippen molar-refractivity contribution in [2.24, 2.45) is 0 Å². The van der Waals surface area contributed by atoms with E-state index in [9.17, 15) is 0 Å². The van der Waals surface area contributed by atoms with Crippen LogP contribution in [0.15, 0.2) is 23.8 Å². The Morgan fingerprint density at radius 1 is 1.08 bits per heavy atom. The van der Waals surface area contributed by atoms with Crippen LogP contribution in [-0.2, 0) is 6.42 Å². The van der Waals surface area contributed by atoms with Gasteiger partial charge in [-0.1, -0.05) is 29.3 Å². The molecule has 12 heavy (non-hydrogen) atoms. The zero-order chi connectivity index (χ0) is 8.72. The van der Waals surface area contributed by atoms with Gasteiger partial charge in [-0.2, -0.15) is 0 Å². The van der Waals surface area contributed by atoms with E-state index in [-0.39, 0.29) is 0 Å². The third-order valence-corrected chi connectivity index (χ3v) is 2.76. The first-order valence-electron chi connectivity index (χ1n) is 4.45. The second kappa shape index (κ2) is 2.48. The van der Waals surface area contributed by atoms with E-state index >= 15 is 0 Å². The van der Waals surface area contributed by atoms with E-state index in [1.165, 1.54) is 27.8 Å². The summed E-state index contributed by atoms with van der Waals surface area (Å²) in [6.45, 7) is 6.60. The fraction of sp³-hybridized carbons (Fsp3) is 0.333. The smallest absolute Gasteiger partial charge is 0.00578 e. The predicted molar refractivity (Wildman–Crippen MR) is 53.2 cm³/mol. The van der Waals surface area contributed by atoms with Crippen LogP contribution in [0.25, 0.3) is 5.57 Å². The quantitative estimate of drug-likeness (QED) is 0.543. The topological polar surface area (TPSA) is 0 Å². The average molecular weight is 158 g/mol. The number of benzene rings is 1. The van der Waals surface area contributed by atoms with Gasteiger partial charge in [0.2, 0.25) is 0 Å². The van der Waals surface area contributed by atoms with E-state index < -0.39 is 0 Å². The van der Waals surface area contributed by atoms with E-state index in [0.29, 0.717) is 0 Å². The van der Waals surface area contributed by atoms with Gasteiger partial charge < -0.3 is 0 Å². The Kier molecular flexibility index (Phi) is 1.57. The minimum Gasteiger partial charge on any atom is -0.0654 e. The molecule has 0 bridgehead atoms. The zero-order valence-electron chi connectivity index (χ0n) is 7.94. The molecule has 0 atom stereocenters. The van der Waals surface area contributed by atoms with Gasteiger partial charge in [0.05, 0.1) is 0 Å². The molecule has 0 N–H and O–H groups in total. The van der Waals surface area contributed by atoms with Gasteiger partial charge in [0.25, 0.3) is 0 Å². The highest BCUT2D eigenvalue weighted by Crippen LogP contribution is 2.32. The maximum Gasteiger partial charge on any atom is -0.00578 e. The van der Waals surface area contributed by atoms with Crippen molar-refractivity contribution in [3.05, 3.63) is 40.5 Å². The maximum absolute atomic E-state index is 2.30. The fourth-order valence-corrected chi connectivity index (χ4v) is 1.88. The molecule has 0 heterocycles. The molecule has 0 aliphatic heterocycles. The molecule has 2 rings (SSSR count). The monoisotopic (exact) mass is 158 g/mol. The van der Waals surface area contributed by atoms with E-state index in [1.807, 2.05) is 0 Å². The third kappa shape index (κ3) is 0.989. The van der Waals surface area contributed by atoms with Crippen LogP contribution in [0, 0.1) is 6.92 Å². The van der Waals surface area contributed by atoms with Crippen molar-refractivity contribution < 1.29 is 0 Å². The lowest BCUT2D eigenvalue weighted by Crippen LogP contribution is -1.83. The molecule has 1 aromatic carbocycles. The number of hydrogen-bond acceptors (Lipinski definition) is 0. The van der Waals surface area contributed by atoms with Crippen LogP contribution in [-0.4, -0.2) is 0 Å². The molecule has 0 nitrogen and oxygen atoms in total. The molecule has 0 radical (unpaired) electrons. The van der Waals surface area contributed by atoms with Crippen molar-refractivity contribution in [3.8, 4) is 0 Å². The molecule has 0 spiro atoms. The van der Waals surface area contributed by atoms with E-state index in [1.54, 1.807) is 0 Å². The van der Waals surface area contributed by atoms with Crippen molar-refractivity contribution in [3.63, 3.8) is 0 Å². The van der Waals surface area contributed by atoms with Crippen LogP contribution >= 0.6 is 0 Å². The van der Waals surface area contributed by atoms with E-state index in [2.05, 4.69) is 39.0 Å². The van der Waals surface area contributed by atoms with Crippen molar-refractivity contribution in [1.29, 1.82) is 0 Å². The molecule has 0 amide bonds. The first-order chi connectivity index (χ1) is 5.68. The fourth-order valence-electron chi connectivity index (χ4n) is 1.88. The minimum absolute atomic E-state index is 1.16. The number of allylic oxidation sites excluding steroid dienone is 2. The lowest BCUT2D eigenvalue weighted by molar-refractivity contribution is 1.18. The van der Waals surface area contributed by atoms with Crippen molar-refractivity contribution in [2.75, 3.05) is 0 Å². The van der Waals surface area contributed by atoms with Gasteiger partial charge in [-0.05, 0) is 43.9 Å². The normalized spacial score (nSPS) is 15.2. The molecule has 0 aromatic heterocycles. The first kappa shape index (κ1) is 7.60. The van der Waals surface area contributed by atoms with Crippen molar-refractivity contribution in [2.45, 2.75) is 27.2 Å². The Bertz CT molecular complexity index is 356. The molecule has 1 aliphatic carbocycles. The lowest BCUT2D eigenvalue weighted by Gasteiger charge is -2.01. The third-order valence-electron chi connectivity index (χ3n) is 2.76. The second-order valence-electron chi connectivity index (χ2n) is 3.74. The summed E-state index contributed by atoms with van der Waals surface area (Å²) in [5.74, 6) is 0. The summed E-state index contributed by atoms with van der Waals surface area (Å²) in [7, 11) is 0. The maximum atomic E-state index is 2.30. The van der Waals surface area contributed by atoms with Crippen molar-refractivity contribution in [1.82, 2.24) is 0 Å². The summed E-state index contributed by atoms with van der Waals surface area (Å²) in [4.78, 5) is 0. The summed E-state index contributed by atoms with van der Waals surface area (Å²) in [6, 6.07) is 6.74.